The van der Waals surface area contributed by atoms with Crippen LogP contribution in [0.4, 0.5) is 0 Å². The lowest BCUT2D eigenvalue weighted by Gasteiger charge is -2.46. The molecule has 3 aromatic rings. The predicted molar refractivity (Wildman–Crippen MR) is 116 cm³/mol. The maximum absolute atomic E-state index is 11.9. The fraction of sp³-hybridized carbons (Fsp3) is 0.458. The number of likely N-dealkylation sites (tertiary alicyclic amines) is 1. The van der Waals surface area contributed by atoms with E-state index in [1.807, 2.05) is 30.3 Å². The summed E-state index contributed by atoms with van der Waals surface area (Å²) in [4.78, 5) is 18.9. The Kier molecular flexibility index (Phi) is 4.45. The Morgan fingerprint density at radius 2 is 1.87 bits per heavy atom. The maximum Gasteiger partial charge on any atom is 0.354 e. The van der Waals surface area contributed by atoms with Gasteiger partial charge in [0.25, 0.3) is 0 Å². The molecule has 3 fully saturated rings. The first-order chi connectivity index (χ1) is 15.2. The van der Waals surface area contributed by atoms with Crippen LogP contribution in [0.25, 0.3) is 16.7 Å². The van der Waals surface area contributed by atoms with Crippen molar-refractivity contribution in [2.45, 2.75) is 56.6 Å². The van der Waals surface area contributed by atoms with E-state index in [4.69, 9.17) is 9.84 Å². The number of para-hydroxylation sites is 1. The number of benzene rings is 1. The number of pyridine rings is 1. The quantitative estimate of drug-likeness (QED) is 0.652. The Morgan fingerprint density at radius 1 is 1.10 bits per heavy atom. The second kappa shape index (κ2) is 7.34. The van der Waals surface area contributed by atoms with Crippen molar-refractivity contribution in [3.63, 3.8) is 0 Å². The van der Waals surface area contributed by atoms with Crippen LogP contribution in [0.2, 0.25) is 0 Å². The Balaban J connectivity index is 1.43. The van der Waals surface area contributed by atoms with Crippen LogP contribution in [-0.4, -0.2) is 56.0 Å². The lowest BCUT2D eigenvalue weighted by atomic mass is 9.82. The third kappa shape index (κ3) is 3.19. The van der Waals surface area contributed by atoms with Gasteiger partial charge in [-0.25, -0.2) is 14.5 Å². The van der Waals surface area contributed by atoms with Crippen molar-refractivity contribution in [1.29, 1.82) is 0 Å². The number of rotatable bonds is 6. The number of aromatic carboxylic acids is 1. The zero-order chi connectivity index (χ0) is 20.9. The first-order valence-corrected chi connectivity index (χ1v) is 11.3. The van der Waals surface area contributed by atoms with Crippen LogP contribution in [0.15, 0.2) is 36.4 Å². The molecule has 0 radical (unpaired) electrons. The van der Waals surface area contributed by atoms with Crippen molar-refractivity contribution in [1.82, 2.24) is 19.7 Å². The van der Waals surface area contributed by atoms with Crippen LogP contribution in [0.3, 0.4) is 0 Å². The van der Waals surface area contributed by atoms with E-state index in [-0.39, 0.29) is 11.8 Å². The van der Waals surface area contributed by atoms with Gasteiger partial charge in [0.05, 0.1) is 16.8 Å². The van der Waals surface area contributed by atoms with Gasteiger partial charge >= 0.3 is 5.97 Å². The number of hydrogen-bond acceptors (Lipinski definition) is 5. The van der Waals surface area contributed by atoms with Crippen LogP contribution < -0.4 is 4.74 Å². The second-order valence-corrected chi connectivity index (χ2v) is 9.02. The molecule has 1 saturated heterocycles. The van der Waals surface area contributed by atoms with Gasteiger partial charge in [0, 0.05) is 30.9 Å². The number of ether oxygens (including phenoxy) is 1. The summed E-state index contributed by atoms with van der Waals surface area (Å²) < 4.78 is 8.21. The van der Waals surface area contributed by atoms with Gasteiger partial charge in [-0.15, -0.1) is 0 Å². The SMILES string of the molecule is O=C(O)c1cc(O[C@H]2C[C@@H](N3CCC3)C2)c2c(C3CCC3)nn(-c3ccccc3)c2n1. The minimum absolute atomic E-state index is 0.00152. The Labute approximate surface area is 180 Å². The van der Waals surface area contributed by atoms with Crippen LogP contribution in [-0.2, 0) is 0 Å². The van der Waals surface area contributed by atoms with Gasteiger partial charge in [0.1, 0.15) is 11.9 Å². The van der Waals surface area contributed by atoms with Gasteiger partial charge in [0.2, 0.25) is 0 Å². The van der Waals surface area contributed by atoms with Crippen molar-refractivity contribution in [3.8, 4) is 11.4 Å². The Bertz CT molecular complexity index is 1130. The summed E-state index contributed by atoms with van der Waals surface area (Å²) in [7, 11) is 0. The number of carboxylic acids is 1. The molecule has 2 saturated carbocycles. The minimum Gasteiger partial charge on any atom is -0.489 e. The highest BCUT2D eigenvalue weighted by atomic mass is 16.5. The normalized spacial score (nSPS) is 23.7. The van der Waals surface area contributed by atoms with E-state index in [1.165, 1.54) is 25.9 Å². The molecule has 7 heteroatoms. The number of fused-ring (bicyclic) bond motifs is 1. The molecule has 1 aromatic carbocycles. The van der Waals surface area contributed by atoms with Crippen LogP contribution >= 0.6 is 0 Å². The largest absolute Gasteiger partial charge is 0.489 e. The smallest absolute Gasteiger partial charge is 0.354 e. The topological polar surface area (TPSA) is 80.5 Å². The van der Waals surface area contributed by atoms with Crippen molar-refractivity contribution in [3.05, 3.63) is 47.8 Å². The zero-order valence-electron chi connectivity index (χ0n) is 17.4. The predicted octanol–water partition coefficient (Wildman–Crippen LogP) is 4.00. The zero-order valence-corrected chi connectivity index (χ0v) is 17.4. The van der Waals surface area contributed by atoms with Crippen molar-refractivity contribution >= 4 is 17.0 Å². The third-order valence-corrected chi connectivity index (χ3v) is 7.11. The molecule has 31 heavy (non-hydrogen) atoms. The average molecular weight is 418 g/mol. The monoisotopic (exact) mass is 418 g/mol. The fourth-order valence-electron chi connectivity index (χ4n) is 4.84. The fourth-order valence-corrected chi connectivity index (χ4v) is 4.84. The molecule has 3 heterocycles. The van der Waals surface area contributed by atoms with Crippen LogP contribution in [0, 0.1) is 0 Å². The molecule has 3 aliphatic rings. The van der Waals surface area contributed by atoms with Gasteiger partial charge in [0.15, 0.2) is 11.3 Å². The van der Waals surface area contributed by atoms with Gasteiger partial charge in [-0.2, -0.15) is 5.10 Å². The summed E-state index contributed by atoms with van der Waals surface area (Å²) in [5.41, 5.74) is 2.43. The molecular formula is C24H26N4O3. The molecule has 0 amide bonds. The van der Waals surface area contributed by atoms with Crippen molar-refractivity contribution in [2.24, 2.45) is 0 Å². The average Bonchev–Trinajstić information content (AvgIpc) is 3.03. The number of carboxylic acid groups (broad SMARTS) is 1. The standard InChI is InChI=1S/C24H26N4O3/c29-24(30)19-14-20(31-18-12-17(13-18)27-10-5-11-27)21-22(15-6-4-7-15)26-28(23(21)25-19)16-8-2-1-3-9-16/h1-3,8-9,14-15,17-18H,4-7,10-13H2,(H,29,30)/t17-,18+. The molecule has 160 valence electrons. The summed E-state index contributed by atoms with van der Waals surface area (Å²) >= 11 is 0. The molecule has 0 unspecified atom stereocenters. The molecular weight excluding hydrogens is 392 g/mol. The lowest BCUT2D eigenvalue weighted by Crippen LogP contribution is -2.54. The highest BCUT2D eigenvalue weighted by Crippen LogP contribution is 2.43. The van der Waals surface area contributed by atoms with Gasteiger partial charge in [-0.05, 0) is 44.5 Å². The first-order valence-electron chi connectivity index (χ1n) is 11.3. The van der Waals surface area contributed by atoms with Gasteiger partial charge in [-0.3, -0.25) is 0 Å². The number of hydrogen-bond donors (Lipinski definition) is 1. The summed E-state index contributed by atoms with van der Waals surface area (Å²) in [6.45, 7) is 2.38. The lowest BCUT2D eigenvalue weighted by molar-refractivity contribution is -0.0103. The summed E-state index contributed by atoms with van der Waals surface area (Å²) in [5.74, 6) is -0.0501. The van der Waals surface area contributed by atoms with Crippen LogP contribution in [0.1, 0.15) is 60.6 Å². The highest BCUT2D eigenvalue weighted by Gasteiger charge is 2.38. The van der Waals surface area contributed by atoms with Crippen molar-refractivity contribution < 1.29 is 14.6 Å². The summed E-state index contributed by atoms with van der Waals surface area (Å²) in [6.07, 6.45) is 6.80. The molecule has 0 atom stereocenters. The van der Waals surface area contributed by atoms with Crippen molar-refractivity contribution in [2.75, 3.05) is 13.1 Å². The van der Waals surface area contributed by atoms with E-state index in [0.717, 1.165) is 42.5 Å². The number of aromatic nitrogens is 3. The van der Waals surface area contributed by atoms with E-state index < -0.39 is 5.97 Å². The molecule has 2 aromatic heterocycles. The molecule has 6 rings (SSSR count). The molecule has 7 nitrogen and oxygen atoms in total. The van der Waals surface area contributed by atoms with Crippen LogP contribution in [0.5, 0.6) is 5.75 Å². The van der Waals surface area contributed by atoms with E-state index in [9.17, 15) is 9.90 Å². The van der Waals surface area contributed by atoms with E-state index >= 15 is 0 Å². The van der Waals surface area contributed by atoms with Gasteiger partial charge in [-0.1, -0.05) is 24.6 Å². The minimum atomic E-state index is -1.05. The Hall–Kier alpha value is -2.93. The molecule has 1 N–H and O–H groups in total. The summed E-state index contributed by atoms with van der Waals surface area (Å²) in [6, 6.07) is 12.0. The first kappa shape index (κ1) is 18.8. The highest BCUT2D eigenvalue weighted by molar-refractivity contribution is 5.94. The summed E-state index contributed by atoms with van der Waals surface area (Å²) in [5, 5.41) is 15.5. The molecule has 0 spiro atoms. The van der Waals surface area contributed by atoms with E-state index in [1.54, 1.807) is 10.7 Å². The molecule has 1 aliphatic heterocycles. The maximum atomic E-state index is 11.9. The Morgan fingerprint density at radius 3 is 2.48 bits per heavy atom. The third-order valence-electron chi connectivity index (χ3n) is 7.11. The molecule has 2 aliphatic carbocycles. The molecule has 0 bridgehead atoms. The van der Waals surface area contributed by atoms with E-state index in [2.05, 4.69) is 9.88 Å². The van der Waals surface area contributed by atoms with E-state index in [0.29, 0.717) is 23.4 Å². The number of carbonyl (C=O) groups is 1. The second-order valence-electron chi connectivity index (χ2n) is 9.02. The number of nitrogens with zero attached hydrogens (tertiary/aromatic N) is 4. The van der Waals surface area contributed by atoms with Gasteiger partial charge < -0.3 is 14.7 Å².